The van der Waals surface area contributed by atoms with Crippen molar-refractivity contribution in [2.45, 2.75) is 83.5 Å². The summed E-state index contributed by atoms with van der Waals surface area (Å²) in [6.45, 7) is 11.3. The van der Waals surface area contributed by atoms with Crippen LogP contribution in [0.4, 0.5) is 0 Å². The summed E-state index contributed by atoms with van der Waals surface area (Å²) in [5, 5.41) is 13.2. The van der Waals surface area contributed by atoms with E-state index in [1.165, 1.54) is 29.6 Å². The summed E-state index contributed by atoms with van der Waals surface area (Å²) in [6, 6.07) is 14.3. The number of furan rings is 1. The fourth-order valence-corrected chi connectivity index (χ4v) is 4.55. The van der Waals surface area contributed by atoms with E-state index in [2.05, 4.69) is 79.6 Å². The molecule has 0 aliphatic carbocycles. The van der Waals surface area contributed by atoms with Gasteiger partial charge in [-0.2, -0.15) is 0 Å². The lowest BCUT2D eigenvalue weighted by molar-refractivity contribution is 0.160. The third-order valence-corrected chi connectivity index (χ3v) is 10.7. The molecule has 6 nitrogen and oxygen atoms in total. The number of aryl methyl sites for hydroxylation is 1. The van der Waals surface area contributed by atoms with Crippen LogP contribution in [0.5, 0.6) is 0 Å². The van der Waals surface area contributed by atoms with Gasteiger partial charge in [0.25, 0.3) is 0 Å². The molecular weight excluding hydrogens is 404 g/mol. The number of benzene rings is 1. The Hall–Kier alpha value is -2.25. The fourth-order valence-electron chi connectivity index (χ4n) is 3.26. The molecule has 1 atom stereocenters. The zero-order chi connectivity index (χ0) is 22.3. The number of nitrogens with zero attached hydrogens (tertiary/aromatic N) is 4. The zero-order valence-corrected chi connectivity index (χ0v) is 20.5. The smallest absolute Gasteiger partial charge is 0.239 e. The molecule has 7 heteroatoms. The Morgan fingerprint density at radius 2 is 1.74 bits per heavy atom. The minimum Gasteiger partial charge on any atom is -0.445 e. The van der Waals surface area contributed by atoms with Gasteiger partial charge in [0.1, 0.15) is 6.10 Å². The number of hydrogen-bond acceptors (Lipinski definition) is 5. The molecule has 0 amide bonds. The van der Waals surface area contributed by atoms with E-state index in [0.29, 0.717) is 11.7 Å². The third-order valence-electron chi connectivity index (χ3n) is 6.19. The monoisotopic (exact) mass is 440 g/mol. The first-order valence-electron chi connectivity index (χ1n) is 11.3. The number of rotatable bonds is 11. The van der Waals surface area contributed by atoms with Crippen molar-refractivity contribution >= 4 is 8.32 Å². The third kappa shape index (κ3) is 6.61. The SMILES string of the molecule is CC(C)(C)[Si](C)(C)OC(CCCCCCc1ccccc1)c1nnn(-c2ccco2)n1. The molecule has 1 aromatic carbocycles. The van der Waals surface area contributed by atoms with Gasteiger partial charge in [-0.1, -0.05) is 75.2 Å². The molecule has 2 aromatic heterocycles. The second-order valence-electron chi connectivity index (χ2n) is 9.69. The zero-order valence-electron chi connectivity index (χ0n) is 19.5. The van der Waals surface area contributed by atoms with Crippen LogP contribution in [0.2, 0.25) is 18.1 Å². The number of hydrogen-bond donors (Lipinski definition) is 0. The Kier molecular flexibility index (Phi) is 7.83. The van der Waals surface area contributed by atoms with Crippen molar-refractivity contribution in [1.82, 2.24) is 20.2 Å². The van der Waals surface area contributed by atoms with E-state index in [-0.39, 0.29) is 11.1 Å². The summed E-state index contributed by atoms with van der Waals surface area (Å²) >= 11 is 0. The van der Waals surface area contributed by atoms with Crippen molar-refractivity contribution in [1.29, 1.82) is 0 Å². The molecule has 31 heavy (non-hydrogen) atoms. The lowest BCUT2D eigenvalue weighted by atomic mass is 10.0. The molecular formula is C24H36N4O2Si. The molecule has 168 valence electrons. The molecule has 1 unspecified atom stereocenters. The maximum absolute atomic E-state index is 6.72. The maximum atomic E-state index is 6.72. The topological polar surface area (TPSA) is 66.0 Å². The minimum absolute atomic E-state index is 0.123. The molecule has 3 rings (SSSR count). The van der Waals surface area contributed by atoms with Crippen LogP contribution in [0.25, 0.3) is 5.88 Å². The van der Waals surface area contributed by atoms with Crippen LogP contribution in [-0.2, 0) is 10.8 Å². The van der Waals surface area contributed by atoms with E-state index in [1.807, 2.05) is 12.1 Å². The van der Waals surface area contributed by atoms with E-state index in [4.69, 9.17) is 8.84 Å². The summed E-state index contributed by atoms with van der Waals surface area (Å²) in [5.41, 5.74) is 1.42. The number of unbranched alkanes of at least 4 members (excludes halogenated alkanes) is 3. The van der Waals surface area contributed by atoms with Crippen LogP contribution in [0, 0.1) is 0 Å². The quantitative estimate of drug-likeness (QED) is 0.251. The van der Waals surface area contributed by atoms with E-state index in [1.54, 1.807) is 6.26 Å². The lowest BCUT2D eigenvalue weighted by Gasteiger charge is -2.38. The Labute approximate surface area is 187 Å². The summed E-state index contributed by atoms with van der Waals surface area (Å²) in [4.78, 5) is 1.44. The van der Waals surface area contributed by atoms with E-state index in [9.17, 15) is 0 Å². The van der Waals surface area contributed by atoms with Crippen LogP contribution >= 0.6 is 0 Å². The van der Waals surface area contributed by atoms with Gasteiger partial charge in [0.2, 0.25) is 11.7 Å². The Morgan fingerprint density at radius 3 is 2.42 bits per heavy atom. The van der Waals surface area contributed by atoms with Crippen LogP contribution in [0.1, 0.15) is 70.4 Å². The van der Waals surface area contributed by atoms with Gasteiger partial charge in [-0.25, -0.2) is 0 Å². The summed E-state index contributed by atoms with van der Waals surface area (Å²) in [6.07, 6.45) is 8.21. The van der Waals surface area contributed by atoms with Gasteiger partial charge in [0, 0.05) is 6.07 Å². The van der Waals surface area contributed by atoms with Gasteiger partial charge < -0.3 is 8.84 Å². The molecule has 0 aliphatic rings. The fraction of sp³-hybridized carbons (Fsp3) is 0.542. The first kappa shape index (κ1) is 23.4. The molecule has 0 saturated carbocycles. The van der Waals surface area contributed by atoms with E-state index >= 15 is 0 Å². The first-order valence-corrected chi connectivity index (χ1v) is 14.2. The molecule has 2 heterocycles. The average molecular weight is 441 g/mol. The van der Waals surface area contributed by atoms with Crippen LogP contribution in [0.15, 0.2) is 53.1 Å². The van der Waals surface area contributed by atoms with Crippen molar-refractivity contribution in [3.05, 3.63) is 60.1 Å². The van der Waals surface area contributed by atoms with Crippen molar-refractivity contribution < 1.29 is 8.84 Å². The summed E-state index contributed by atoms with van der Waals surface area (Å²) < 4.78 is 12.1. The Balaban J connectivity index is 1.58. The highest BCUT2D eigenvalue weighted by Crippen LogP contribution is 2.40. The summed E-state index contributed by atoms with van der Waals surface area (Å²) in [7, 11) is -1.97. The van der Waals surface area contributed by atoms with E-state index < -0.39 is 8.32 Å². The van der Waals surface area contributed by atoms with Crippen molar-refractivity contribution in [3.8, 4) is 5.88 Å². The van der Waals surface area contributed by atoms with Crippen LogP contribution in [0.3, 0.4) is 0 Å². The highest BCUT2D eigenvalue weighted by atomic mass is 28.4. The average Bonchev–Trinajstić information content (AvgIpc) is 3.41. The van der Waals surface area contributed by atoms with Crippen molar-refractivity contribution in [2.24, 2.45) is 0 Å². The highest BCUT2D eigenvalue weighted by molar-refractivity contribution is 6.74. The predicted molar refractivity (Wildman–Crippen MR) is 126 cm³/mol. The lowest BCUT2D eigenvalue weighted by Crippen LogP contribution is -2.42. The Morgan fingerprint density at radius 1 is 1.00 bits per heavy atom. The Bertz CT molecular complexity index is 901. The number of aromatic nitrogens is 4. The molecule has 0 fully saturated rings. The first-order chi connectivity index (χ1) is 14.8. The standard InChI is InChI=1S/C24H36N4O2Si/c1-24(2,3)31(4,5)30-21(23-25-27-28(26-23)22-18-13-19-29-22)17-12-7-6-9-14-20-15-10-8-11-16-20/h8,10-11,13,15-16,18-19,21H,6-7,9,12,14,17H2,1-5H3. The van der Waals surface area contributed by atoms with E-state index in [0.717, 1.165) is 19.3 Å². The van der Waals surface area contributed by atoms with Gasteiger partial charge in [0.15, 0.2) is 8.32 Å². The van der Waals surface area contributed by atoms with Gasteiger partial charge in [-0.05, 0) is 54.2 Å². The molecule has 0 saturated heterocycles. The van der Waals surface area contributed by atoms with Gasteiger partial charge in [-0.15, -0.1) is 10.2 Å². The van der Waals surface area contributed by atoms with Crippen LogP contribution in [-0.4, -0.2) is 28.5 Å². The highest BCUT2D eigenvalue weighted by Gasteiger charge is 2.40. The minimum atomic E-state index is -1.97. The second-order valence-corrected chi connectivity index (χ2v) is 14.4. The molecule has 0 spiro atoms. The molecule has 0 radical (unpaired) electrons. The molecule has 3 aromatic rings. The van der Waals surface area contributed by atoms with Crippen molar-refractivity contribution in [2.75, 3.05) is 0 Å². The van der Waals surface area contributed by atoms with Gasteiger partial charge >= 0.3 is 0 Å². The normalized spacial score (nSPS) is 13.5. The second kappa shape index (κ2) is 10.4. The molecule has 0 bridgehead atoms. The maximum Gasteiger partial charge on any atom is 0.239 e. The summed E-state index contributed by atoms with van der Waals surface area (Å²) in [5.74, 6) is 1.20. The number of tetrazole rings is 1. The van der Waals surface area contributed by atoms with Gasteiger partial charge in [0.05, 0.1) is 6.26 Å². The predicted octanol–water partition coefficient (Wildman–Crippen LogP) is 6.51. The molecule has 0 N–H and O–H groups in total. The van der Waals surface area contributed by atoms with Gasteiger partial charge in [-0.3, -0.25) is 0 Å². The van der Waals surface area contributed by atoms with Crippen LogP contribution < -0.4 is 0 Å². The largest absolute Gasteiger partial charge is 0.445 e. The van der Waals surface area contributed by atoms with Crippen molar-refractivity contribution in [3.63, 3.8) is 0 Å². The molecule has 0 aliphatic heterocycles.